The molecule has 7 nitrogen and oxygen atoms in total. The number of methoxy groups -OCH3 is 3. The van der Waals surface area contributed by atoms with Gasteiger partial charge in [0.15, 0.2) is 17.3 Å². The summed E-state index contributed by atoms with van der Waals surface area (Å²) in [6.07, 6.45) is 3.11. The molecule has 32 heavy (non-hydrogen) atoms. The number of ketones is 1. The van der Waals surface area contributed by atoms with Gasteiger partial charge in [0, 0.05) is 16.9 Å². The minimum Gasteiger partial charge on any atom is -0.493 e. The molecule has 0 unspecified atom stereocenters. The molecule has 164 valence electrons. The molecule has 7 heteroatoms. The van der Waals surface area contributed by atoms with E-state index in [2.05, 4.69) is 10.6 Å². The minimum atomic E-state index is -0.395. The third kappa shape index (κ3) is 5.66. The SMILES string of the molecule is COc1cc(/C=C/C(=O)c2cccc(NC(=O)Nc3ccccc3)c2)cc(OC)c1OC. The number of anilines is 2. The zero-order valence-electron chi connectivity index (χ0n) is 18.0. The quantitative estimate of drug-likeness (QED) is 0.375. The number of urea groups is 1. The van der Waals surface area contributed by atoms with Gasteiger partial charge in [-0.3, -0.25) is 4.79 Å². The second kappa shape index (κ2) is 10.7. The van der Waals surface area contributed by atoms with E-state index in [1.54, 1.807) is 54.6 Å². The van der Waals surface area contributed by atoms with Crippen molar-refractivity contribution in [2.24, 2.45) is 0 Å². The maximum atomic E-state index is 12.7. The molecule has 0 saturated carbocycles. The first-order valence-corrected chi connectivity index (χ1v) is 9.79. The summed E-state index contributed by atoms with van der Waals surface area (Å²) in [6, 6.07) is 18.9. The molecule has 3 aromatic carbocycles. The molecular weight excluding hydrogens is 408 g/mol. The molecule has 3 aromatic rings. The maximum absolute atomic E-state index is 12.7. The predicted molar refractivity (Wildman–Crippen MR) is 125 cm³/mol. The molecule has 2 N–H and O–H groups in total. The average molecular weight is 432 g/mol. The second-order valence-electron chi connectivity index (χ2n) is 6.68. The largest absolute Gasteiger partial charge is 0.493 e. The molecule has 0 aliphatic carbocycles. The molecule has 0 heterocycles. The van der Waals surface area contributed by atoms with Crippen LogP contribution in [0.25, 0.3) is 6.08 Å². The van der Waals surface area contributed by atoms with Crippen molar-refractivity contribution in [2.45, 2.75) is 0 Å². The number of nitrogens with one attached hydrogen (secondary N) is 2. The van der Waals surface area contributed by atoms with E-state index in [-0.39, 0.29) is 5.78 Å². The van der Waals surface area contributed by atoms with Crippen LogP contribution < -0.4 is 24.8 Å². The number of benzene rings is 3. The van der Waals surface area contributed by atoms with Gasteiger partial charge >= 0.3 is 6.03 Å². The van der Waals surface area contributed by atoms with Crippen molar-refractivity contribution in [3.8, 4) is 17.2 Å². The van der Waals surface area contributed by atoms with Gasteiger partial charge in [-0.1, -0.05) is 36.4 Å². The van der Waals surface area contributed by atoms with E-state index >= 15 is 0 Å². The molecule has 0 aliphatic heterocycles. The molecule has 0 aliphatic rings. The van der Waals surface area contributed by atoms with Crippen LogP contribution >= 0.6 is 0 Å². The second-order valence-corrected chi connectivity index (χ2v) is 6.68. The summed E-state index contributed by atoms with van der Waals surface area (Å²) in [5.74, 6) is 1.25. The van der Waals surface area contributed by atoms with E-state index in [4.69, 9.17) is 14.2 Å². The molecule has 0 bridgehead atoms. The van der Waals surface area contributed by atoms with Gasteiger partial charge in [-0.05, 0) is 48.0 Å². The summed E-state index contributed by atoms with van der Waals surface area (Å²) in [4.78, 5) is 24.9. The summed E-state index contributed by atoms with van der Waals surface area (Å²) < 4.78 is 16.0. The van der Waals surface area contributed by atoms with E-state index in [0.29, 0.717) is 39.8 Å². The molecule has 0 aromatic heterocycles. The number of para-hydroxylation sites is 1. The number of ether oxygens (including phenoxy) is 3. The first-order valence-electron chi connectivity index (χ1n) is 9.79. The zero-order chi connectivity index (χ0) is 22.9. The van der Waals surface area contributed by atoms with Crippen LogP contribution in [-0.2, 0) is 0 Å². The van der Waals surface area contributed by atoms with Gasteiger partial charge in [0.2, 0.25) is 5.75 Å². The lowest BCUT2D eigenvalue weighted by Gasteiger charge is -2.12. The Morgan fingerprint density at radius 3 is 2.00 bits per heavy atom. The molecule has 2 amide bonds. The maximum Gasteiger partial charge on any atom is 0.323 e. The number of carbonyl (C=O) groups is 2. The van der Waals surface area contributed by atoms with E-state index in [0.717, 1.165) is 0 Å². The van der Waals surface area contributed by atoms with Crippen molar-refractivity contribution in [2.75, 3.05) is 32.0 Å². The standard InChI is InChI=1S/C25H24N2O5/c1-30-22-14-17(15-23(31-2)24(22)32-3)12-13-21(28)18-8-7-11-20(16-18)27-25(29)26-19-9-5-4-6-10-19/h4-16H,1-3H3,(H2,26,27,29)/b13-12+. The lowest BCUT2D eigenvalue weighted by Crippen LogP contribution is -2.19. The first kappa shape index (κ1) is 22.4. The Morgan fingerprint density at radius 2 is 1.38 bits per heavy atom. The number of hydrogen-bond acceptors (Lipinski definition) is 5. The first-order chi connectivity index (χ1) is 15.5. The molecule has 0 saturated heterocycles. The Bertz CT molecular complexity index is 1100. The molecular formula is C25H24N2O5. The third-order valence-corrected chi connectivity index (χ3v) is 4.55. The fraction of sp³-hybridized carbons (Fsp3) is 0.120. The monoisotopic (exact) mass is 432 g/mol. The highest BCUT2D eigenvalue weighted by Crippen LogP contribution is 2.38. The van der Waals surface area contributed by atoms with E-state index in [1.807, 2.05) is 18.2 Å². The number of carbonyl (C=O) groups excluding carboxylic acids is 2. The lowest BCUT2D eigenvalue weighted by molar-refractivity contribution is 0.104. The topological polar surface area (TPSA) is 85.9 Å². The lowest BCUT2D eigenvalue weighted by atomic mass is 10.1. The van der Waals surface area contributed by atoms with Gasteiger partial charge in [-0.25, -0.2) is 4.79 Å². The summed E-state index contributed by atoms with van der Waals surface area (Å²) in [6.45, 7) is 0. The van der Waals surface area contributed by atoms with Crippen LogP contribution in [0.3, 0.4) is 0 Å². The third-order valence-electron chi connectivity index (χ3n) is 4.55. The van der Waals surface area contributed by atoms with Crippen LogP contribution in [0.4, 0.5) is 16.2 Å². The van der Waals surface area contributed by atoms with Crippen molar-refractivity contribution in [1.29, 1.82) is 0 Å². The van der Waals surface area contributed by atoms with Crippen molar-refractivity contribution in [3.63, 3.8) is 0 Å². The van der Waals surface area contributed by atoms with Crippen LogP contribution in [0, 0.1) is 0 Å². The highest BCUT2D eigenvalue weighted by atomic mass is 16.5. The Kier molecular flexibility index (Phi) is 7.48. The predicted octanol–water partition coefficient (Wildman–Crippen LogP) is 5.25. The Labute approximate surface area is 186 Å². The molecule has 0 atom stereocenters. The highest BCUT2D eigenvalue weighted by molar-refractivity contribution is 6.08. The number of amides is 2. The van der Waals surface area contributed by atoms with Crippen LogP contribution in [0.2, 0.25) is 0 Å². The van der Waals surface area contributed by atoms with Crippen molar-refractivity contribution in [3.05, 3.63) is 83.9 Å². The van der Waals surface area contributed by atoms with Crippen LogP contribution in [0.5, 0.6) is 17.2 Å². The van der Waals surface area contributed by atoms with E-state index in [9.17, 15) is 9.59 Å². The van der Waals surface area contributed by atoms with Gasteiger partial charge in [-0.2, -0.15) is 0 Å². The van der Waals surface area contributed by atoms with Gasteiger partial charge in [-0.15, -0.1) is 0 Å². The van der Waals surface area contributed by atoms with Gasteiger partial charge in [0.1, 0.15) is 0 Å². The Balaban J connectivity index is 1.72. The Hall–Kier alpha value is -4.26. The molecule has 0 spiro atoms. The van der Waals surface area contributed by atoms with Crippen LogP contribution in [0.1, 0.15) is 15.9 Å². The smallest absolute Gasteiger partial charge is 0.323 e. The van der Waals surface area contributed by atoms with Crippen LogP contribution in [0.15, 0.2) is 72.8 Å². The highest BCUT2D eigenvalue weighted by Gasteiger charge is 2.12. The summed E-state index contributed by atoms with van der Waals surface area (Å²) in [5, 5.41) is 5.46. The van der Waals surface area contributed by atoms with Gasteiger partial charge in [0.05, 0.1) is 21.3 Å². The number of rotatable bonds is 8. The fourth-order valence-corrected chi connectivity index (χ4v) is 3.03. The van der Waals surface area contributed by atoms with Crippen molar-refractivity contribution in [1.82, 2.24) is 0 Å². The number of hydrogen-bond donors (Lipinski definition) is 2. The fourth-order valence-electron chi connectivity index (χ4n) is 3.03. The normalized spacial score (nSPS) is 10.5. The van der Waals surface area contributed by atoms with Crippen LogP contribution in [-0.4, -0.2) is 33.1 Å². The summed E-state index contributed by atoms with van der Waals surface area (Å²) >= 11 is 0. The summed E-state index contributed by atoms with van der Waals surface area (Å²) in [7, 11) is 4.59. The van der Waals surface area contributed by atoms with Crippen molar-refractivity contribution < 1.29 is 23.8 Å². The minimum absolute atomic E-state index is 0.217. The molecule has 0 radical (unpaired) electrons. The van der Waals surface area contributed by atoms with Crippen molar-refractivity contribution >= 4 is 29.3 Å². The van der Waals surface area contributed by atoms with E-state index in [1.165, 1.54) is 27.4 Å². The van der Waals surface area contributed by atoms with E-state index < -0.39 is 6.03 Å². The average Bonchev–Trinajstić information content (AvgIpc) is 2.82. The Morgan fingerprint density at radius 1 is 0.750 bits per heavy atom. The molecule has 0 fully saturated rings. The molecule has 3 rings (SSSR count). The number of allylic oxidation sites excluding steroid dienone is 1. The summed E-state index contributed by atoms with van der Waals surface area (Å²) in [5.41, 5.74) is 2.33. The van der Waals surface area contributed by atoms with Gasteiger partial charge in [0.25, 0.3) is 0 Å². The van der Waals surface area contributed by atoms with Gasteiger partial charge < -0.3 is 24.8 Å². The zero-order valence-corrected chi connectivity index (χ0v) is 18.0.